The molecular formula is C19H31IN4S. The summed E-state index contributed by atoms with van der Waals surface area (Å²) in [4.78, 5) is 7.02. The van der Waals surface area contributed by atoms with Crippen molar-refractivity contribution in [2.75, 3.05) is 31.6 Å². The van der Waals surface area contributed by atoms with Gasteiger partial charge in [-0.3, -0.25) is 9.89 Å². The summed E-state index contributed by atoms with van der Waals surface area (Å²) in [5.41, 5.74) is 1.41. The van der Waals surface area contributed by atoms with Crippen molar-refractivity contribution in [3.05, 3.63) is 35.9 Å². The van der Waals surface area contributed by atoms with Crippen LogP contribution in [0.3, 0.4) is 0 Å². The molecule has 0 spiro atoms. The number of nitrogens with one attached hydrogen (secondary N) is 2. The lowest BCUT2D eigenvalue weighted by molar-refractivity contribution is 0.245. The minimum atomic E-state index is 0. The third-order valence-corrected chi connectivity index (χ3v) is 6.17. The number of hydrogen-bond acceptors (Lipinski definition) is 3. The van der Waals surface area contributed by atoms with Gasteiger partial charge in [0.25, 0.3) is 0 Å². The van der Waals surface area contributed by atoms with E-state index in [0.29, 0.717) is 12.1 Å². The number of hydrogen-bond donors (Lipinski definition) is 2. The quantitative estimate of drug-likeness (QED) is 0.390. The predicted molar refractivity (Wildman–Crippen MR) is 120 cm³/mol. The lowest BCUT2D eigenvalue weighted by Crippen LogP contribution is -2.49. The summed E-state index contributed by atoms with van der Waals surface area (Å²) in [6, 6.07) is 12.0. The second-order valence-corrected chi connectivity index (χ2v) is 7.91. The molecule has 2 aliphatic rings. The standard InChI is InChI=1S/C19H30N4S.HI/c1-20-19(22-17-9-6-12-24-15-17)21-13-18-10-5-11-23(18)14-16-7-3-2-4-8-16;/h2-4,7-8,17-18H,5-6,9-15H2,1H3,(H2,20,21,22);1H. The topological polar surface area (TPSA) is 39.7 Å². The van der Waals surface area contributed by atoms with E-state index in [0.717, 1.165) is 19.0 Å². The van der Waals surface area contributed by atoms with E-state index in [1.54, 1.807) is 0 Å². The normalized spacial score (nSPS) is 24.6. The van der Waals surface area contributed by atoms with Crippen LogP contribution >= 0.6 is 35.7 Å². The molecule has 2 atom stereocenters. The zero-order valence-electron chi connectivity index (χ0n) is 15.1. The molecule has 25 heavy (non-hydrogen) atoms. The van der Waals surface area contributed by atoms with Crippen LogP contribution in [0.1, 0.15) is 31.2 Å². The molecule has 0 saturated carbocycles. The van der Waals surface area contributed by atoms with Gasteiger partial charge in [-0.2, -0.15) is 11.8 Å². The summed E-state index contributed by atoms with van der Waals surface area (Å²) >= 11 is 2.05. The van der Waals surface area contributed by atoms with E-state index in [2.05, 4.69) is 50.9 Å². The van der Waals surface area contributed by atoms with Crippen LogP contribution in [0.4, 0.5) is 0 Å². The maximum absolute atomic E-state index is 4.42. The van der Waals surface area contributed by atoms with Crippen LogP contribution in [0.2, 0.25) is 0 Å². The van der Waals surface area contributed by atoms with Crippen molar-refractivity contribution in [1.82, 2.24) is 15.5 Å². The minimum Gasteiger partial charge on any atom is -0.355 e. The van der Waals surface area contributed by atoms with Gasteiger partial charge in [0.2, 0.25) is 0 Å². The fourth-order valence-electron chi connectivity index (χ4n) is 3.61. The summed E-state index contributed by atoms with van der Waals surface area (Å²) in [7, 11) is 1.88. The first-order chi connectivity index (χ1) is 11.8. The molecule has 2 unspecified atom stereocenters. The van der Waals surface area contributed by atoms with Crippen LogP contribution in [0, 0.1) is 0 Å². The number of guanidine groups is 1. The lowest BCUT2D eigenvalue weighted by Gasteiger charge is -2.28. The fourth-order valence-corrected chi connectivity index (χ4v) is 4.68. The van der Waals surface area contributed by atoms with Gasteiger partial charge in [0.05, 0.1) is 0 Å². The summed E-state index contributed by atoms with van der Waals surface area (Å²) in [6.45, 7) is 3.23. The van der Waals surface area contributed by atoms with Gasteiger partial charge in [0.15, 0.2) is 5.96 Å². The Kier molecular flexibility index (Phi) is 9.41. The summed E-state index contributed by atoms with van der Waals surface area (Å²) in [5.74, 6) is 3.47. The monoisotopic (exact) mass is 474 g/mol. The molecule has 0 radical (unpaired) electrons. The molecule has 0 bridgehead atoms. The van der Waals surface area contributed by atoms with Gasteiger partial charge in [-0.15, -0.1) is 24.0 Å². The maximum Gasteiger partial charge on any atom is 0.191 e. The first-order valence-corrected chi connectivity index (χ1v) is 10.3. The molecule has 2 heterocycles. The maximum atomic E-state index is 4.42. The molecule has 0 amide bonds. The Hall–Kier alpha value is -0.470. The van der Waals surface area contributed by atoms with E-state index >= 15 is 0 Å². The Morgan fingerprint density at radius 3 is 2.80 bits per heavy atom. The van der Waals surface area contributed by atoms with Crippen LogP contribution in [-0.2, 0) is 6.54 Å². The molecule has 3 rings (SSSR count). The van der Waals surface area contributed by atoms with Gasteiger partial charge in [-0.05, 0) is 43.5 Å². The number of halogens is 1. The van der Waals surface area contributed by atoms with Crippen LogP contribution in [0.5, 0.6) is 0 Å². The van der Waals surface area contributed by atoms with Crippen LogP contribution in [0.25, 0.3) is 0 Å². The Balaban J connectivity index is 0.00000225. The molecule has 4 nitrogen and oxygen atoms in total. The van der Waals surface area contributed by atoms with E-state index < -0.39 is 0 Å². The molecule has 0 aliphatic carbocycles. The molecule has 2 saturated heterocycles. The predicted octanol–water partition coefficient (Wildman–Crippen LogP) is 3.33. The zero-order chi connectivity index (χ0) is 16.6. The first-order valence-electron chi connectivity index (χ1n) is 9.18. The Morgan fingerprint density at radius 2 is 2.08 bits per heavy atom. The van der Waals surface area contributed by atoms with E-state index in [1.165, 1.54) is 49.3 Å². The Bertz CT molecular complexity index is 519. The highest BCUT2D eigenvalue weighted by molar-refractivity contribution is 14.0. The molecule has 2 aliphatic heterocycles. The van der Waals surface area contributed by atoms with E-state index in [1.807, 2.05) is 18.8 Å². The molecule has 1 aromatic rings. The molecule has 140 valence electrons. The number of rotatable bonds is 5. The van der Waals surface area contributed by atoms with Gasteiger partial charge in [0.1, 0.15) is 0 Å². The van der Waals surface area contributed by atoms with E-state index in [4.69, 9.17) is 0 Å². The van der Waals surface area contributed by atoms with Crippen molar-refractivity contribution in [2.24, 2.45) is 4.99 Å². The molecular weight excluding hydrogens is 443 g/mol. The average Bonchev–Trinajstić information content (AvgIpc) is 3.07. The Morgan fingerprint density at radius 1 is 1.24 bits per heavy atom. The molecule has 1 aromatic carbocycles. The molecule has 2 fully saturated rings. The highest BCUT2D eigenvalue weighted by atomic mass is 127. The SMILES string of the molecule is CN=C(NCC1CCCN1Cc1ccccc1)NC1CCCSC1.I. The second-order valence-electron chi connectivity index (χ2n) is 6.76. The summed E-state index contributed by atoms with van der Waals surface area (Å²) in [5, 5.41) is 7.16. The number of aliphatic imine (C=N–C) groups is 1. The number of benzene rings is 1. The molecule has 2 N–H and O–H groups in total. The number of likely N-dealkylation sites (tertiary alicyclic amines) is 1. The zero-order valence-corrected chi connectivity index (χ0v) is 18.3. The third kappa shape index (κ3) is 6.64. The van der Waals surface area contributed by atoms with Gasteiger partial charge < -0.3 is 10.6 Å². The number of nitrogens with zero attached hydrogens (tertiary/aromatic N) is 2. The summed E-state index contributed by atoms with van der Waals surface area (Å²) < 4.78 is 0. The van der Waals surface area contributed by atoms with Crippen LogP contribution in [0.15, 0.2) is 35.3 Å². The Labute approximate surface area is 173 Å². The van der Waals surface area contributed by atoms with Gasteiger partial charge in [-0.25, -0.2) is 0 Å². The van der Waals surface area contributed by atoms with E-state index in [9.17, 15) is 0 Å². The highest BCUT2D eigenvalue weighted by Crippen LogP contribution is 2.20. The van der Waals surface area contributed by atoms with Crippen LogP contribution < -0.4 is 10.6 Å². The first kappa shape index (κ1) is 20.8. The van der Waals surface area contributed by atoms with Crippen molar-refractivity contribution in [3.8, 4) is 0 Å². The minimum absolute atomic E-state index is 0. The van der Waals surface area contributed by atoms with Crippen molar-refractivity contribution in [2.45, 2.75) is 44.3 Å². The van der Waals surface area contributed by atoms with Crippen molar-refractivity contribution >= 4 is 41.7 Å². The van der Waals surface area contributed by atoms with Gasteiger partial charge in [-0.1, -0.05) is 30.3 Å². The third-order valence-electron chi connectivity index (χ3n) is 4.96. The average molecular weight is 474 g/mol. The van der Waals surface area contributed by atoms with Gasteiger partial charge in [0, 0.05) is 38.0 Å². The summed E-state index contributed by atoms with van der Waals surface area (Å²) in [6.07, 6.45) is 5.14. The van der Waals surface area contributed by atoms with Crippen molar-refractivity contribution < 1.29 is 0 Å². The fraction of sp³-hybridized carbons (Fsp3) is 0.632. The highest BCUT2D eigenvalue weighted by Gasteiger charge is 2.24. The largest absolute Gasteiger partial charge is 0.355 e. The molecule has 0 aromatic heterocycles. The smallest absolute Gasteiger partial charge is 0.191 e. The van der Waals surface area contributed by atoms with Crippen LogP contribution in [-0.4, -0.2) is 54.6 Å². The second kappa shape index (κ2) is 11.3. The van der Waals surface area contributed by atoms with E-state index in [-0.39, 0.29) is 24.0 Å². The van der Waals surface area contributed by atoms with Crippen molar-refractivity contribution in [1.29, 1.82) is 0 Å². The molecule has 6 heteroatoms. The number of thioether (sulfide) groups is 1. The van der Waals surface area contributed by atoms with Gasteiger partial charge >= 0.3 is 0 Å². The van der Waals surface area contributed by atoms with Crippen molar-refractivity contribution in [3.63, 3.8) is 0 Å². The lowest BCUT2D eigenvalue weighted by atomic mass is 10.2.